The van der Waals surface area contributed by atoms with E-state index >= 15 is 0 Å². The molecular weight excluding hydrogens is 590 g/mol. The summed E-state index contributed by atoms with van der Waals surface area (Å²) in [5.74, 6) is 0.501. The molecule has 0 saturated carbocycles. The van der Waals surface area contributed by atoms with Crippen LogP contribution in [-0.4, -0.2) is 14.5 Å². The average Bonchev–Trinajstić information content (AvgIpc) is 3.71. The van der Waals surface area contributed by atoms with E-state index in [1.165, 1.54) is 0 Å². The molecule has 0 spiro atoms. The summed E-state index contributed by atoms with van der Waals surface area (Å²) < 4.78 is 8.63. The van der Waals surface area contributed by atoms with Crippen LogP contribution in [-0.2, 0) is 0 Å². The summed E-state index contributed by atoms with van der Waals surface area (Å²) in [6.45, 7) is 0. The van der Waals surface area contributed by atoms with Gasteiger partial charge in [0.15, 0.2) is 11.4 Å². The molecule has 9 aromatic rings. The smallest absolute Gasteiger partial charge is 0.160 e. The standard InChI is InChI=1S/C42H23N5O/c43-24-29-23-28(39-34(25-44)38(26-11-3-1-4-12-26)45-42(46-39)27-13-5-2-6-14-27)19-22-35(29)47-36-17-9-7-15-30(36)32-20-21-33-31-16-8-10-18-37(31)48-41(33)40(32)47/h1-23H. The van der Waals surface area contributed by atoms with Gasteiger partial charge in [-0.2, -0.15) is 10.5 Å². The SMILES string of the molecule is N#Cc1cc(-c2nc(-c3ccccc3)nc(-c3ccccc3)c2C#N)ccc1-n1c2ccccc2c2ccc3c4ccccc4oc3c21. The number of aromatic nitrogens is 3. The number of nitrogens with zero attached hydrogens (tertiary/aromatic N) is 5. The second-order valence-electron chi connectivity index (χ2n) is 11.6. The van der Waals surface area contributed by atoms with Crippen molar-refractivity contribution in [3.8, 4) is 51.7 Å². The van der Waals surface area contributed by atoms with Crippen molar-refractivity contribution in [2.75, 3.05) is 0 Å². The Labute approximate surface area is 275 Å². The molecule has 0 aliphatic heterocycles. The van der Waals surface area contributed by atoms with E-state index < -0.39 is 0 Å². The van der Waals surface area contributed by atoms with E-state index in [0.29, 0.717) is 39.6 Å². The van der Waals surface area contributed by atoms with Crippen LogP contribution in [0.1, 0.15) is 11.1 Å². The first-order valence-electron chi connectivity index (χ1n) is 15.5. The molecule has 6 aromatic carbocycles. The number of hydrogen-bond donors (Lipinski definition) is 0. The fourth-order valence-electron chi connectivity index (χ4n) is 6.75. The lowest BCUT2D eigenvalue weighted by molar-refractivity contribution is 0.671. The Morgan fingerprint density at radius 3 is 1.94 bits per heavy atom. The summed E-state index contributed by atoms with van der Waals surface area (Å²) in [5.41, 5.74) is 8.22. The van der Waals surface area contributed by atoms with E-state index in [-0.39, 0.29) is 0 Å². The molecule has 0 saturated heterocycles. The number of hydrogen-bond acceptors (Lipinski definition) is 5. The third kappa shape index (κ3) is 4.11. The first-order valence-corrected chi connectivity index (χ1v) is 15.5. The summed E-state index contributed by atoms with van der Waals surface area (Å²) in [5, 5.41) is 25.3. The molecule has 0 aliphatic rings. The molecule has 3 aromatic heterocycles. The highest BCUT2D eigenvalue weighted by molar-refractivity contribution is 6.21. The first kappa shape index (κ1) is 27.3. The van der Waals surface area contributed by atoms with Crippen LogP contribution in [0, 0.1) is 22.7 Å². The molecule has 0 fully saturated rings. The maximum atomic E-state index is 10.7. The van der Waals surface area contributed by atoms with E-state index in [1.807, 2.05) is 109 Å². The fourth-order valence-corrected chi connectivity index (χ4v) is 6.75. The number of benzene rings is 6. The monoisotopic (exact) mass is 613 g/mol. The maximum Gasteiger partial charge on any atom is 0.160 e. The van der Waals surface area contributed by atoms with Gasteiger partial charge >= 0.3 is 0 Å². The third-order valence-corrected chi connectivity index (χ3v) is 8.91. The van der Waals surface area contributed by atoms with Crippen molar-refractivity contribution in [3.05, 3.63) is 151 Å². The zero-order valence-corrected chi connectivity index (χ0v) is 25.4. The van der Waals surface area contributed by atoms with Gasteiger partial charge in [-0.15, -0.1) is 0 Å². The molecule has 3 heterocycles. The van der Waals surface area contributed by atoms with Crippen LogP contribution in [0.4, 0.5) is 0 Å². The van der Waals surface area contributed by atoms with Gasteiger partial charge < -0.3 is 8.98 Å². The van der Waals surface area contributed by atoms with Crippen LogP contribution in [0.2, 0.25) is 0 Å². The highest BCUT2D eigenvalue weighted by Crippen LogP contribution is 2.41. The fraction of sp³-hybridized carbons (Fsp3) is 0. The summed E-state index contributed by atoms with van der Waals surface area (Å²) in [7, 11) is 0. The predicted octanol–water partition coefficient (Wildman–Crippen LogP) is 10.2. The Balaban J connectivity index is 1.32. The number of rotatable bonds is 4. The molecule has 0 bridgehead atoms. The molecule has 0 aliphatic carbocycles. The summed E-state index contributed by atoms with van der Waals surface area (Å²) in [6.07, 6.45) is 0. The number of fused-ring (bicyclic) bond motifs is 7. The summed E-state index contributed by atoms with van der Waals surface area (Å²) in [6, 6.07) is 50.4. The number of para-hydroxylation sites is 2. The molecule has 0 amide bonds. The first-order chi connectivity index (χ1) is 23.7. The molecule has 0 N–H and O–H groups in total. The number of furan rings is 1. The van der Waals surface area contributed by atoms with Crippen LogP contribution in [0.15, 0.2) is 144 Å². The Morgan fingerprint density at radius 2 is 1.19 bits per heavy atom. The Morgan fingerprint density at radius 1 is 0.542 bits per heavy atom. The normalized spacial score (nSPS) is 11.3. The minimum absolute atomic E-state index is 0.346. The second-order valence-corrected chi connectivity index (χ2v) is 11.6. The van der Waals surface area contributed by atoms with Gasteiger partial charge in [0.2, 0.25) is 0 Å². The van der Waals surface area contributed by atoms with E-state index in [4.69, 9.17) is 14.4 Å². The van der Waals surface area contributed by atoms with Gasteiger partial charge in [-0.3, -0.25) is 0 Å². The van der Waals surface area contributed by atoms with Crippen molar-refractivity contribution >= 4 is 43.7 Å². The number of nitriles is 2. The lowest BCUT2D eigenvalue weighted by atomic mass is 9.98. The van der Waals surface area contributed by atoms with Gasteiger partial charge in [0, 0.05) is 38.2 Å². The van der Waals surface area contributed by atoms with Gasteiger partial charge in [0.1, 0.15) is 23.3 Å². The van der Waals surface area contributed by atoms with Gasteiger partial charge in [-0.05, 0) is 30.3 Å². The molecule has 9 rings (SSSR count). The maximum absolute atomic E-state index is 10.7. The van der Waals surface area contributed by atoms with E-state index in [9.17, 15) is 10.5 Å². The largest absolute Gasteiger partial charge is 0.454 e. The Hall–Kier alpha value is -7.02. The van der Waals surface area contributed by atoms with Gasteiger partial charge in [0.05, 0.1) is 33.7 Å². The van der Waals surface area contributed by atoms with Crippen molar-refractivity contribution in [2.24, 2.45) is 0 Å². The summed E-state index contributed by atoms with van der Waals surface area (Å²) >= 11 is 0. The molecular formula is C42H23N5O. The van der Waals surface area contributed by atoms with Crippen LogP contribution >= 0.6 is 0 Å². The highest BCUT2D eigenvalue weighted by Gasteiger charge is 2.23. The Kier molecular flexibility index (Phi) is 6.15. The van der Waals surface area contributed by atoms with E-state index in [2.05, 4.69) is 47.0 Å². The van der Waals surface area contributed by atoms with Crippen LogP contribution < -0.4 is 0 Å². The molecule has 222 valence electrons. The molecule has 48 heavy (non-hydrogen) atoms. The van der Waals surface area contributed by atoms with Crippen molar-refractivity contribution in [1.82, 2.24) is 14.5 Å². The van der Waals surface area contributed by atoms with Gasteiger partial charge in [0.25, 0.3) is 0 Å². The lowest BCUT2D eigenvalue weighted by Crippen LogP contribution is -2.02. The van der Waals surface area contributed by atoms with Crippen molar-refractivity contribution in [2.45, 2.75) is 0 Å². The van der Waals surface area contributed by atoms with Crippen LogP contribution in [0.3, 0.4) is 0 Å². The predicted molar refractivity (Wildman–Crippen MR) is 189 cm³/mol. The van der Waals surface area contributed by atoms with Crippen LogP contribution in [0.5, 0.6) is 0 Å². The zero-order valence-electron chi connectivity index (χ0n) is 25.4. The molecule has 6 heteroatoms. The zero-order chi connectivity index (χ0) is 32.2. The molecule has 0 radical (unpaired) electrons. The Bertz CT molecular complexity index is 2800. The minimum Gasteiger partial charge on any atom is -0.454 e. The third-order valence-electron chi connectivity index (χ3n) is 8.91. The van der Waals surface area contributed by atoms with Crippen LogP contribution in [0.25, 0.3) is 83.3 Å². The average molecular weight is 614 g/mol. The molecule has 0 atom stereocenters. The van der Waals surface area contributed by atoms with Gasteiger partial charge in [-0.1, -0.05) is 109 Å². The van der Waals surface area contributed by atoms with Crippen molar-refractivity contribution in [1.29, 1.82) is 10.5 Å². The topological polar surface area (TPSA) is 91.4 Å². The molecule has 6 nitrogen and oxygen atoms in total. The summed E-state index contributed by atoms with van der Waals surface area (Å²) in [4.78, 5) is 9.81. The lowest BCUT2D eigenvalue weighted by Gasteiger charge is -2.14. The molecule has 0 unspecified atom stereocenters. The quantitative estimate of drug-likeness (QED) is 0.197. The van der Waals surface area contributed by atoms with E-state index in [1.54, 1.807) is 0 Å². The van der Waals surface area contributed by atoms with Crippen molar-refractivity contribution in [3.63, 3.8) is 0 Å². The highest BCUT2D eigenvalue weighted by atomic mass is 16.3. The second kappa shape index (κ2) is 10.8. The van der Waals surface area contributed by atoms with Gasteiger partial charge in [-0.25, -0.2) is 9.97 Å². The van der Waals surface area contributed by atoms with Crippen molar-refractivity contribution < 1.29 is 4.42 Å². The van der Waals surface area contributed by atoms with E-state index in [0.717, 1.165) is 54.9 Å². The minimum atomic E-state index is 0.346.